The Morgan fingerprint density at radius 1 is 1.21 bits per heavy atom. The van der Waals surface area contributed by atoms with Gasteiger partial charge in [0.05, 0.1) is 17.8 Å². The van der Waals surface area contributed by atoms with E-state index in [1.807, 2.05) is 6.92 Å². The molecular weight excluding hydrogens is 244 g/mol. The molecule has 0 spiro atoms. The van der Waals surface area contributed by atoms with Crippen molar-refractivity contribution in [2.45, 2.75) is 32.5 Å². The van der Waals surface area contributed by atoms with Gasteiger partial charge < -0.3 is 9.84 Å². The Morgan fingerprint density at radius 3 is 2.68 bits per heavy atom. The standard InChI is InChI=1S/C15H14O4/c1-7-6-10-12(8(2)19-7)15(18)13-9(14(10)17)4-3-5-11(13)16/h3-5,7-8,16H,6H2,1-2H3/t7-,8+/m1/s1. The van der Waals surface area contributed by atoms with E-state index in [0.717, 1.165) is 0 Å². The molecule has 4 nitrogen and oxygen atoms in total. The molecule has 1 aliphatic heterocycles. The highest BCUT2D eigenvalue weighted by molar-refractivity contribution is 6.28. The summed E-state index contributed by atoms with van der Waals surface area (Å²) in [5.74, 6) is -0.599. The van der Waals surface area contributed by atoms with Crippen molar-refractivity contribution < 1.29 is 19.4 Å². The Labute approximate surface area is 110 Å². The number of rotatable bonds is 0. The average Bonchev–Trinajstić information content (AvgIpc) is 2.34. The van der Waals surface area contributed by atoms with Gasteiger partial charge in [0, 0.05) is 23.1 Å². The molecule has 0 saturated carbocycles. The molecule has 2 aliphatic rings. The van der Waals surface area contributed by atoms with E-state index in [1.54, 1.807) is 19.1 Å². The highest BCUT2D eigenvalue weighted by Crippen LogP contribution is 2.38. The van der Waals surface area contributed by atoms with E-state index in [0.29, 0.717) is 23.1 Å². The summed E-state index contributed by atoms with van der Waals surface area (Å²) >= 11 is 0. The summed E-state index contributed by atoms with van der Waals surface area (Å²) in [6.07, 6.45) is -0.0494. The van der Waals surface area contributed by atoms with Crippen molar-refractivity contribution in [2.24, 2.45) is 0 Å². The zero-order valence-corrected chi connectivity index (χ0v) is 10.8. The van der Waals surface area contributed by atoms with Gasteiger partial charge in [-0.2, -0.15) is 0 Å². The van der Waals surface area contributed by atoms with Gasteiger partial charge in [0.25, 0.3) is 0 Å². The number of aromatic hydroxyl groups is 1. The summed E-state index contributed by atoms with van der Waals surface area (Å²) in [5, 5.41) is 9.84. The van der Waals surface area contributed by atoms with E-state index < -0.39 is 6.10 Å². The smallest absolute Gasteiger partial charge is 0.196 e. The second-order valence-corrected chi connectivity index (χ2v) is 5.04. The van der Waals surface area contributed by atoms with Crippen LogP contribution in [0.1, 0.15) is 41.0 Å². The van der Waals surface area contributed by atoms with Crippen LogP contribution in [0.5, 0.6) is 5.75 Å². The van der Waals surface area contributed by atoms with Crippen LogP contribution in [-0.2, 0) is 4.74 Å². The van der Waals surface area contributed by atoms with Gasteiger partial charge in [-0.05, 0) is 19.9 Å². The van der Waals surface area contributed by atoms with Crippen LogP contribution >= 0.6 is 0 Å². The lowest BCUT2D eigenvalue weighted by atomic mass is 9.78. The lowest BCUT2D eigenvalue weighted by Gasteiger charge is -2.32. The summed E-state index contributed by atoms with van der Waals surface area (Å²) in [4.78, 5) is 24.9. The molecule has 3 rings (SSSR count). The number of phenols is 1. The van der Waals surface area contributed by atoms with Gasteiger partial charge in [0.1, 0.15) is 5.75 Å². The quantitative estimate of drug-likeness (QED) is 0.775. The third-order valence-corrected chi connectivity index (χ3v) is 3.69. The Kier molecular flexibility index (Phi) is 2.57. The van der Waals surface area contributed by atoms with Gasteiger partial charge in [0.15, 0.2) is 11.6 Å². The molecule has 0 fully saturated rings. The molecule has 1 aliphatic carbocycles. The third kappa shape index (κ3) is 1.64. The molecule has 19 heavy (non-hydrogen) atoms. The summed E-state index contributed by atoms with van der Waals surface area (Å²) in [5.41, 5.74) is 1.34. The third-order valence-electron chi connectivity index (χ3n) is 3.69. The number of phenolic OH excluding ortho intramolecular Hbond substituents is 1. The maximum Gasteiger partial charge on any atom is 0.196 e. The minimum absolute atomic E-state index is 0.0793. The Hall–Kier alpha value is -1.94. The number of benzene rings is 1. The minimum atomic E-state index is -0.414. The van der Waals surface area contributed by atoms with Gasteiger partial charge >= 0.3 is 0 Å². The molecule has 1 aromatic carbocycles. The summed E-state index contributed by atoms with van der Waals surface area (Å²) < 4.78 is 5.62. The maximum absolute atomic E-state index is 12.5. The van der Waals surface area contributed by atoms with E-state index in [1.165, 1.54) is 6.07 Å². The first kappa shape index (κ1) is 12.1. The predicted octanol–water partition coefficient (Wildman–Crippen LogP) is 2.27. The summed E-state index contributed by atoms with van der Waals surface area (Å²) in [6, 6.07) is 4.59. The first-order chi connectivity index (χ1) is 9.00. The van der Waals surface area contributed by atoms with E-state index in [2.05, 4.69) is 0 Å². The number of carbonyl (C=O) groups is 2. The van der Waals surface area contributed by atoms with Crippen LogP contribution in [0, 0.1) is 0 Å². The topological polar surface area (TPSA) is 63.6 Å². The lowest BCUT2D eigenvalue weighted by Crippen LogP contribution is -2.36. The molecule has 0 amide bonds. The van der Waals surface area contributed by atoms with Gasteiger partial charge in [-0.3, -0.25) is 9.59 Å². The van der Waals surface area contributed by atoms with E-state index in [4.69, 9.17) is 4.74 Å². The number of hydrogen-bond donors (Lipinski definition) is 1. The molecule has 0 saturated heterocycles. The van der Waals surface area contributed by atoms with Crippen LogP contribution in [0.25, 0.3) is 0 Å². The summed E-state index contributed by atoms with van der Waals surface area (Å²) in [7, 11) is 0. The number of hydrogen-bond acceptors (Lipinski definition) is 4. The molecule has 1 N–H and O–H groups in total. The maximum atomic E-state index is 12.5. The van der Waals surface area contributed by atoms with Crippen LogP contribution in [0.3, 0.4) is 0 Å². The van der Waals surface area contributed by atoms with Gasteiger partial charge in [-0.25, -0.2) is 0 Å². The average molecular weight is 258 g/mol. The Morgan fingerprint density at radius 2 is 1.95 bits per heavy atom. The highest BCUT2D eigenvalue weighted by atomic mass is 16.5. The molecule has 1 heterocycles. The molecule has 0 bridgehead atoms. The fraction of sp³-hybridized carbons (Fsp3) is 0.333. The number of fused-ring (bicyclic) bond motifs is 1. The molecule has 98 valence electrons. The van der Waals surface area contributed by atoms with Crippen molar-refractivity contribution in [3.05, 3.63) is 40.5 Å². The van der Waals surface area contributed by atoms with Crippen molar-refractivity contribution in [3.8, 4) is 5.75 Å². The molecule has 1 aromatic rings. The lowest BCUT2D eigenvalue weighted by molar-refractivity contribution is 0.0148. The number of carbonyl (C=O) groups excluding carboxylic acids is 2. The molecule has 4 heteroatoms. The molecule has 2 atom stereocenters. The van der Waals surface area contributed by atoms with Crippen LogP contribution in [-0.4, -0.2) is 28.9 Å². The largest absolute Gasteiger partial charge is 0.507 e. The second-order valence-electron chi connectivity index (χ2n) is 5.04. The van der Waals surface area contributed by atoms with Crippen LogP contribution < -0.4 is 0 Å². The fourth-order valence-electron chi connectivity index (χ4n) is 2.91. The van der Waals surface area contributed by atoms with Gasteiger partial charge in [-0.15, -0.1) is 0 Å². The SMILES string of the molecule is C[C@@H]1CC2=C(C(=O)c3c(O)cccc3C2=O)[C@H](C)O1. The molecule has 0 unspecified atom stereocenters. The summed E-state index contributed by atoms with van der Waals surface area (Å²) in [6.45, 7) is 3.65. The number of ketones is 2. The van der Waals surface area contributed by atoms with Crippen LogP contribution in [0.4, 0.5) is 0 Å². The minimum Gasteiger partial charge on any atom is -0.507 e. The zero-order chi connectivity index (χ0) is 13.7. The Bertz CT molecular complexity index is 627. The monoisotopic (exact) mass is 258 g/mol. The van der Waals surface area contributed by atoms with Gasteiger partial charge in [-0.1, -0.05) is 12.1 Å². The van der Waals surface area contributed by atoms with Crippen molar-refractivity contribution >= 4 is 11.6 Å². The van der Waals surface area contributed by atoms with Crippen molar-refractivity contribution in [1.82, 2.24) is 0 Å². The van der Waals surface area contributed by atoms with E-state index in [-0.39, 0.29) is 29.0 Å². The molecule has 0 aromatic heterocycles. The second kappa shape index (κ2) is 4.03. The molecule has 0 radical (unpaired) electrons. The first-order valence-electron chi connectivity index (χ1n) is 6.30. The van der Waals surface area contributed by atoms with Crippen molar-refractivity contribution in [3.63, 3.8) is 0 Å². The zero-order valence-electron chi connectivity index (χ0n) is 10.8. The number of ether oxygens (including phenoxy) is 1. The predicted molar refractivity (Wildman–Crippen MR) is 68.4 cm³/mol. The van der Waals surface area contributed by atoms with E-state index >= 15 is 0 Å². The van der Waals surface area contributed by atoms with E-state index in [9.17, 15) is 14.7 Å². The van der Waals surface area contributed by atoms with Crippen LogP contribution in [0.15, 0.2) is 29.3 Å². The number of Topliss-reactive ketones (excluding diaryl/α,β-unsaturated/α-hetero) is 2. The highest BCUT2D eigenvalue weighted by Gasteiger charge is 2.39. The van der Waals surface area contributed by atoms with Crippen molar-refractivity contribution in [1.29, 1.82) is 0 Å². The van der Waals surface area contributed by atoms with Crippen molar-refractivity contribution in [2.75, 3.05) is 0 Å². The van der Waals surface area contributed by atoms with Crippen LogP contribution in [0.2, 0.25) is 0 Å². The fourth-order valence-corrected chi connectivity index (χ4v) is 2.91. The Balaban J connectivity index is 2.24. The first-order valence-corrected chi connectivity index (χ1v) is 6.30. The van der Waals surface area contributed by atoms with Gasteiger partial charge in [0.2, 0.25) is 0 Å². The normalized spacial score (nSPS) is 26.2. The molecular formula is C15H14O4.